The van der Waals surface area contributed by atoms with Crippen LogP contribution in [0.5, 0.6) is 5.75 Å². The van der Waals surface area contributed by atoms with Gasteiger partial charge in [-0.25, -0.2) is 4.98 Å². The fraction of sp³-hybridized carbons (Fsp3) is 0.400. The first-order valence-electron chi connectivity index (χ1n) is 8.89. The molecular weight excluding hydrogens is 329 g/mol. The van der Waals surface area contributed by atoms with E-state index in [4.69, 9.17) is 9.72 Å². The zero-order chi connectivity index (χ0) is 17.9. The Morgan fingerprint density at radius 3 is 2.72 bits per heavy atom. The van der Waals surface area contributed by atoms with Gasteiger partial charge in [0.05, 0.1) is 0 Å². The minimum Gasteiger partial charge on any atom is -0.486 e. The van der Waals surface area contributed by atoms with Crippen LogP contribution in [-0.2, 0) is 6.42 Å². The molecule has 1 atom stereocenters. The highest BCUT2D eigenvalue weighted by Crippen LogP contribution is 2.51. The maximum Gasteiger partial charge on any atom is 0.153 e. The van der Waals surface area contributed by atoms with Crippen LogP contribution in [0, 0.1) is 6.92 Å². The summed E-state index contributed by atoms with van der Waals surface area (Å²) in [7, 11) is 1.98. The normalized spacial score (nSPS) is 18.7. The van der Waals surface area contributed by atoms with Crippen LogP contribution in [0.1, 0.15) is 18.2 Å². The van der Waals surface area contributed by atoms with Crippen LogP contribution in [-0.4, -0.2) is 44.1 Å². The fourth-order valence-corrected chi connectivity index (χ4v) is 5.46. The molecule has 0 radical (unpaired) electrons. The Bertz CT molecular complexity index is 799. The summed E-state index contributed by atoms with van der Waals surface area (Å²) in [6.45, 7) is 6.97. The van der Waals surface area contributed by atoms with Crippen LogP contribution in [0.4, 0.5) is 0 Å². The number of likely N-dealkylation sites (N-methyl/N-ethyl adjacent to an activating group) is 1. The zero-order valence-corrected chi connectivity index (χ0v) is 16.5. The molecule has 25 heavy (non-hydrogen) atoms. The molecule has 2 N–H and O–H groups in total. The standard InChI is InChI=1S/C20H28N3OP/c1-5-22-13-25(4)14-24-20-18(25)12-17(10-11-21-3)23-19(20)16-8-6-15(2)7-9-16/h6-9,12-13,21-22H,5,10-11,14H2,1-4H3. The first-order valence-corrected chi connectivity index (χ1v) is 11.4. The highest BCUT2D eigenvalue weighted by Gasteiger charge is 2.30. The van der Waals surface area contributed by atoms with Gasteiger partial charge in [0.15, 0.2) is 5.75 Å². The van der Waals surface area contributed by atoms with Crippen molar-refractivity contribution in [3.05, 3.63) is 41.6 Å². The molecule has 0 fully saturated rings. The van der Waals surface area contributed by atoms with Crippen LogP contribution >= 0.6 is 6.89 Å². The van der Waals surface area contributed by atoms with Gasteiger partial charge in [-0.2, -0.15) is 0 Å². The first kappa shape index (κ1) is 18.2. The van der Waals surface area contributed by atoms with Gasteiger partial charge in [-0.1, -0.05) is 36.8 Å². The largest absolute Gasteiger partial charge is 0.486 e. The van der Waals surface area contributed by atoms with Crippen LogP contribution in [0.25, 0.3) is 11.3 Å². The molecule has 0 bridgehead atoms. The third-order valence-electron chi connectivity index (χ3n) is 4.57. The lowest BCUT2D eigenvalue weighted by Gasteiger charge is -2.15. The Morgan fingerprint density at radius 2 is 2.04 bits per heavy atom. The third kappa shape index (κ3) is 3.82. The average molecular weight is 357 g/mol. The molecule has 1 aromatic carbocycles. The zero-order valence-electron chi connectivity index (χ0n) is 15.6. The smallest absolute Gasteiger partial charge is 0.153 e. The van der Waals surface area contributed by atoms with Crippen molar-refractivity contribution in [3.63, 3.8) is 0 Å². The SMILES string of the molecule is CCNC=P1(C)COc2c1cc(CCNC)nc2-c1ccc(C)cc1. The van der Waals surface area contributed by atoms with Crippen LogP contribution in [0.2, 0.25) is 0 Å². The second-order valence-electron chi connectivity index (χ2n) is 6.76. The van der Waals surface area contributed by atoms with Gasteiger partial charge in [0, 0.05) is 29.5 Å². The molecule has 0 amide bonds. The van der Waals surface area contributed by atoms with Gasteiger partial charge < -0.3 is 10.1 Å². The summed E-state index contributed by atoms with van der Waals surface area (Å²) in [4.78, 5) is 4.95. The van der Waals surface area contributed by atoms with E-state index in [0.29, 0.717) is 0 Å². The van der Waals surface area contributed by atoms with Crippen LogP contribution < -0.4 is 20.7 Å². The summed E-state index contributed by atoms with van der Waals surface area (Å²) < 4.78 is 6.19. The summed E-state index contributed by atoms with van der Waals surface area (Å²) in [6.07, 6.45) is 1.68. The lowest BCUT2D eigenvalue weighted by molar-refractivity contribution is 0.402. The van der Waals surface area contributed by atoms with E-state index < -0.39 is 6.89 Å². The molecule has 1 unspecified atom stereocenters. The van der Waals surface area contributed by atoms with E-state index in [1.165, 1.54) is 10.9 Å². The summed E-state index contributed by atoms with van der Waals surface area (Å²) in [5, 5.41) is 7.97. The van der Waals surface area contributed by atoms with Gasteiger partial charge in [0.25, 0.3) is 0 Å². The van der Waals surface area contributed by atoms with Crippen LogP contribution in [0.15, 0.2) is 30.3 Å². The van der Waals surface area contributed by atoms with Crippen molar-refractivity contribution in [3.8, 4) is 17.0 Å². The quantitative estimate of drug-likeness (QED) is 0.781. The van der Waals surface area contributed by atoms with Crippen molar-refractivity contribution in [2.45, 2.75) is 20.3 Å². The van der Waals surface area contributed by atoms with E-state index in [9.17, 15) is 0 Å². The van der Waals surface area contributed by atoms with E-state index in [0.717, 1.165) is 48.6 Å². The number of ether oxygens (including phenoxy) is 1. The Morgan fingerprint density at radius 1 is 1.28 bits per heavy atom. The lowest BCUT2D eigenvalue weighted by Crippen LogP contribution is -2.17. The molecule has 1 aliphatic heterocycles. The molecule has 2 aromatic rings. The number of aromatic nitrogens is 1. The second-order valence-corrected chi connectivity index (χ2v) is 10.3. The van der Waals surface area contributed by atoms with Crippen molar-refractivity contribution in [1.82, 2.24) is 15.6 Å². The Labute approximate surface area is 151 Å². The summed E-state index contributed by atoms with van der Waals surface area (Å²) >= 11 is 0. The number of benzene rings is 1. The first-order chi connectivity index (χ1) is 12.1. The molecule has 4 nitrogen and oxygen atoms in total. The molecule has 5 heteroatoms. The maximum atomic E-state index is 6.19. The molecular formula is C20H28N3OP. The molecule has 0 spiro atoms. The second kappa shape index (κ2) is 7.74. The number of fused-ring (bicyclic) bond motifs is 1. The molecule has 3 rings (SSSR count). The molecule has 2 heterocycles. The molecule has 1 aliphatic rings. The highest BCUT2D eigenvalue weighted by atomic mass is 31.2. The fourth-order valence-electron chi connectivity index (χ4n) is 3.05. The number of pyridine rings is 1. The molecule has 0 saturated heterocycles. The van der Waals surface area contributed by atoms with Crippen molar-refractivity contribution in [1.29, 1.82) is 0 Å². The summed E-state index contributed by atoms with van der Waals surface area (Å²) in [5.41, 5.74) is 4.50. The summed E-state index contributed by atoms with van der Waals surface area (Å²) in [6, 6.07) is 10.8. The van der Waals surface area contributed by atoms with Crippen molar-refractivity contribution in [2.24, 2.45) is 0 Å². The van der Waals surface area contributed by atoms with Gasteiger partial charge in [0.2, 0.25) is 0 Å². The number of nitrogens with zero attached hydrogens (tertiary/aromatic N) is 1. The van der Waals surface area contributed by atoms with Crippen LogP contribution in [0.3, 0.4) is 0 Å². The predicted molar refractivity (Wildman–Crippen MR) is 110 cm³/mol. The number of nitrogens with one attached hydrogen (secondary N) is 2. The number of rotatable bonds is 6. The average Bonchev–Trinajstić information content (AvgIpc) is 2.96. The van der Waals surface area contributed by atoms with E-state index in [1.54, 1.807) is 0 Å². The van der Waals surface area contributed by atoms with Crippen molar-refractivity contribution < 1.29 is 4.74 Å². The highest BCUT2D eigenvalue weighted by molar-refractivity contribution is 7.81. The monoisotopic (exact) mass is 357 g/mol. The van der Waals surface area contributed by atoms with Gasteiger partial charge >= 0.3 is 0 Å². The number of hydrogen-bond acceptors (Lipinski definition) is 3. The van der Waals surface area contributed by atoms with Gasteiger partial charge in [0.1, 0.15) is 12.0 Å². The van der Waals surface area contributed by atoms with Crippen molar-refractivity contribution in [2.75, 3.05) is 33.1 Å². The summed E-state index contributed by atoms with van der Waals surface area (Å²) in [5.74, 6) is 3.25. The number of aryl methyl sites for hydroxylation is 1. The molecule has 0 saturated carbocycles. The Hall–Kier alpha value is -1.61. The molecule has 1 aromatic heterocycles. The minimum atomic E-state index is -1.46. The molecule has 0 aliphatic carbocycles. The van der Waals surface area contributed by atoms with E-state index in [1.807, 2.05) is 7.05 Å². The maximum absolute atomic E-state index is 6.19. The van der Waals surface area contributed by atoms with Gasteiger partial charge in [-0.15, -0.1) is 0 Å². The third-order valence-corrected chi connectivity index (χ3v) is 7.42. The lowest BCUT2D eigenvalue weighted by atomic mass is 10.1. The van der Waals surface area contributed by atoms with Crippen molar-refractivity contribution >= 4 is 18.1 Å². The Kier molecular flexibility index (Phi) is 5.63. The van der Waals surface area contributed by atoms with Gasteiger partial charge in [-0.05, 0) is 46.1 Å². The minimum absolute atomic E-state index is 0.755. The predicted octanol–water partition coefficient (Wildman–Crippen LogP) is 2.81. The van der Waals surface area contributed by atoms with E-state index in [-0.39, 0.29) is 0 Å². The van der Waals surface area contributed by atoms with Gasteiger partial charge in [-0.3, -0.25) is 5.32 Å². The van der Waals surface area contributed by atoms with E-state index >= 15 is 0 Å². The molecule has 134 valence electrons. The van der Waals surface area contributed by atoms with E-state index in [2.05, 4.69) is 67.4 Å². The number of hydrogen-bond donors (Lipinski definition) is 2. The topological polar surface area (TPSA) is 46.2 Å². The Balaban J connectivity index is 2.14.